The van der Waals surface area contributed by atoms with E-state index in [2.05, 4.69) is 70.0 Å². The highest BCUT2D eigenvalue weighted by Crippen LogP contribution is 2.39. The summed E-state index contributed by atoms with van der Waals surface area (Å²) in [5, 5.41) is 9.21. The maximum Gasteiger partial charge on any atom is 0.307 e. The van der Waals surface area contributed by atoms with Gasteiger partial charge in [-0.25, -0.2) is 8.78 Å². The third-order valence-corrected chi connectivity index (χ3v) is 12.3. The number of aromatic hydroxyl groups is 1. The van der Waals surface area contributed by atoms with Crippen LogP contribution in [0.15, 0.2) is 121 Å². The van der Waals surface area contributed by atoms with Crippen LogP contribution in [0.1, 0.15) is 126 Å². The number of phenolic OH excluding ortho intramolecular Hbond substituents is 1. The van der Waals surface area contributed by atoms with Gasteiger partial charge in [0.15, 0.2) is 0 Å². The second-order valence-electron chi connectivity index (χ2n) is 19.5. The quantitative estimate of drug-likeness (QED) is 0.0654. The average molecular weight is 1040 g/mol. The van der Waals surface area contributed by atoms with Crippen molar-refractivity contribution in [2.24, 2.45) is 0 Å². The van der Waals surface area contributed by atoms with E-state index in [0.29, 0.717) is 47.3 Å². The summed E-state index contributed by atoms with van der Waals surface area (Å²) in [5.74, 6) is 13.2. The number of benzene rings is 6. The Kier molecular flexibility index (Phi) is 23.3. The standard InChI is InChI=1S/C32H35FO4.C18H20ClFO.C14H16O3/c1-7-8-9-24(19-31(34)36-6)23-11-13-25(14-12-23)37-21-22-10-16-29(32(2,3)4)27(18-22)28-20-26(35-5)15-17-30(28)33;1-18(2,3)16-7-5-12(11-19)9-14(16)15-10-13(21-4)6-8-17(15)20;1-3-4-5-12(10-14(16)17-2)11-6-8-13(15)9-7-11/h10-18,20,24H,7,19,21H2,1-6H3;5-10H,11H2,1-4H3;6-9,12,15H,3,10H2,1-2H3/t24-;;12-/m0.0/s1. The van der Waals surface area contributed by atoms with Crippen molar-refractivity contribution in [2.45, 2.75) is 116 Å². The van der Waals surface area contributed by atoms with Gasteiger partial charge in [-0.1, -0.05) is 116 Å². The molecule has 0 radical (unpaired) electrons. The van der Waals surface area contributed by atoms with Gasteiger partial charge in [0.05, 0.1) is 53.1 Å². The largest absolute Gasteiger partial charge is 0.508 e. The Morgan fingerprint density at radius 3 is 1.33 bits per heavy atom. The molecule has 0 unspecified atom stereocenters. The van der Waals surface area contributed by atoms with E-state index in [1.54, 1.807) is 62.8 Å². The number of carbonyl (C=O) groups is 2. The minimum atomic E-state index is -0.298. The molecule has 6 aromatic carbocycles. The van der Waals surface area contributed by atoms with Crippen LogP contribution in [-0.4, -0.2) is 45.5 Å². The number of rotatable bonds is 14. The fraction of sp³-hybridized carbons (Fsp3) is 0.344. The lowest BCUT2D eigenvalue weighted by molar-refractivity contribution is -0.141. The SMILES string of the molecule is CCC#C[C@@H](CC(=O)OC)c1ccc(O)cc1.CCC#C[C@@H](CC(=O)OC)c1ccc(OCc2ccc(C(C)(C)C)c(-c3cc(OC)ccc3F)c2)cc1.COc1ccc(F)c(-c2cc(CCl)ccc2C(C)(C)C)c1. The molecule has 0 bridgehead atoms. The molecule has 1 N–H and O–H groups in total. The fourth-order valence-corrected chi connectivity index (χ4v) is 8.08. The van der Waals surface area contributed by atoms with Gasteiger partial charge < -0.3 is 28.8 Å². The van der Waals surface area contributed by atoms with Gasteiger partial charge in [-0.3, -0.25) is 9.59 Å². The highest BCUT2D eigenvalue weighted by atomic mass is 35.5. The molecule has 0 aromatic heterocycles. The van der Waals surface area contributed by atoms with Gasteiger partial charge in [-0.2, -0.15) is 0 Å². The van der Waals surface area contributed by atoms with Crippen molar-refractivity contribution in [1.82, 2.24) is 0 Å². The van der Waals surface area contributed by atoms with Gasteiger partial charge in [0, 0.05) is 29.8 Å². The fourth-order valence-electron chi connectivity index (χ4n) is 7.91. The monoisotopic (exact) mass is 1040 g/mol. The number of halogens is 3. The van der Waals surface area contributed by atoms with Crippen molar-refractivity contribution >= 4 is 23.5 Å². The molecule has 6 rings (SSSR count). The molecule has 11 heteroatoms. The molecule has 0 heterocycles. The summed E-state index contributed by atoms with van der Waals surface area (Å²) in [4.78, 5) is 23.1. The van der Waals surface area contributed by atoms with Crippen LogP contribution in [0, 0.1) is 35.3 Å². The summed E-state index contributed by atoms with van der Waals surface area (Å²) in [6.45, 7) is 16.9. The first kappa shape index (κ1) is 60.3. The Bertz CT molecular complexity index is 2950. The third kappa shape index (κ3) is 18.3. The Balaban J connectivity index is 0.000000269. The van der Waals surface area contributed by atoms with Gasteiger partial charge in [-0.15, -0.1) is 23.4 Å². The molecule has 2 atom stereocenters. The number of hydrogen-bond donors (Lipinski definition) is 1. The molecule has 396 valence electrons. The van der Waals surface area contributed by atoms with Gasteiger partial charge in [0.25, 0.3) is 0 Å². The molecule has 75 heavy (non-hydrogen) atoms. The van der Waals surface area contributed by atoms with Crippen LogP contribution in [0.3, 0.4) is 0 Å². The van der Waals surface area contributed by atoms with E-state index >= 15 is 0 Å². The van der Waals surface area contributed by atoms with Crippen LogP contribution >= 0.6 is 11.6 Å². The highest BCUT2D eigenvalue weighted by molar-refractivity contribution is 6.17. The van der Waals surface area contributed by atoms with Gasteiger partial charge in [-0.05, 0) is 128 Å². The number of carbonyl (C=O) groups excluding carboxylic acids is 2. The summed E-state index contributed by atoms with van der Waals surface area (Å²) >= 11 is 5.93. The van der Waals surface area contributed by atoms with E-state index in [-0.39, 0.29) is 64.8 Å². The maximum absolute atomic E-state index is 14.9. The molecule has 0 amide bonds. The number of methoxy groups -OCH3 is 4. The first-order chi connectivity index (χ1) is 35.7. The molecule has 8 nitrogen and oxygen atoms in total. The Morgan fingerprint density at radius 2 is 0.947 bits per heavy atom. The van der Waals surface area contributed by atoms with Crippen LogP contribution in [0.25, 0.3) is 22.3 Å². The van der Waals surface area contributed by atoms with Crippen LogP contribution < -0.4 is 14.2 Å². The molecule has 0 aliphatic rings. The van der Waals surface area contributed by atoms with Crippen LogP contribution in [0.5, 0.6) is 23.0 Å². The lowest BCUT2D eigenvalue weighted by Gasteiger charge is -2.24. The number of esters is 2. The Labute approximate surface area is 448 Å². The number of alkyl halides is 1. The molecule has 0 aliphatic heterocycles. The van der Waals surface area contributed by atoms with Crippen LogP contribution in [0.2, 0.25) is 0 Å². The summed E-state index contributed by atoms with van der Waals surface area (Å²) in [7, 11) is 5.90. The normalized spacial score (nSPS) is 11.6. The third-order valence-electron chi connectivity index (χ3n) is 12.0. The summed E-state index contributed by atoms with van der Waals surface area (Å²) in [6.07, 6.45) is 1.89. The predicted molar refractivity (Wildman–Crippen MR) is 297 cm³/mol. The van der Waals surface area contributed by atoms with Crippen LogP contribution in [0.4, 0.5) is 8.78 Å². The summed E-state index contributed by atoms with van der Waals surface area (Å²) in [5.41, 5.74) is 8.34. The second kappa shape index (κ2) is 29.0. The minimum Gasteiger partial charge on any atom is -0.508 e. The molecule has 6 aromatic rings. The topological polar surface area (TPSA) is 101 Å². The second-order valence-corrected chi connectivity index (χ2v) is 19.8. The van der Waals surface area contributed by atoms with Crippen LogP contribution in [-0.2, 0) is 42.4 Å². The molecule has 0 saturated carbocycles. The summed E-state index contributed by atoms with van der Waals surface area (Å²) in [6, 6.07) is 35.9. The molecule has 0 spiro atoms. The number of hydrogen-bond acceptors (Lipinski definition) is 8. The van der Waals surface area contributed by atoms with Crippen molar-refractivity contribution in [3.63, 3.8) is 0 Å². The van der Waals surface area contributed by atoms with E-state index in [1.807, 2.05) is 74.5 Å². The molecule has 0 aliphatic carbocycles. The lowest BCUT2D eigenvalue weighted by Crippen LogP contribution is -2.13. The highest BCUT2D eigenvalue weighted by Gasteiger charge is 2.23. The lowest BCUT2D eigenvalue weighted by atomic mass is 9.81. The van der Waals surface area contributed by atoms with E-state index in [4.69, 9.17) is 30.5 Å². The van der Waals surface area contributed by atoms with E-state index in [1.165, 1.54) is 26.4 Å². The van der Waals surface area contributed by atoms with Gasteiger partial charge in [0.1, 0.15) is 41.2 Å². The first-order valence-electron chi connectivity index (χ1n) is 24.8. The predicted octanol–water partition coefficient (Wildman–Crippen LogP) is 15.4. The zero-order valence-corrected chi connectivity index (χ0v) is 46.1. The van der Waals surface area contributed by atoms with E-state index < -0.39 is 0 Å². The van der Waals surface area contributed by atoms with E-state index in [0.717, 1.165) is 50.9 Å². The number of phenols is 1. The number of ether oxygens (including phenoxy) is 5. The Hall–Kier alpha value is -7.27. The Morgan fingerprint density at radius 1 is 0.547 bits per heavy atom. The average Bonchev–Trinajstić information content (AvgIpc) is 3.40. The zero-order valence-electron chi connectivity index (χ0n) is 45.4. The van der Waals surface area contributed by atoms with Gasteiger partial charge >= 0.3 is 11.9 Å². The zero-order chi connectivity index (χ0) is 55.3. The van der Waals surface area contributed by atoms with Crippen molar-refractivity contribution in [2.75, 3.05) is 28.4 Å². The minimum absolute atomic E-state index is 0.0876. The van der Waals surface area contributed by atoms with Gasteiger partial charge in [0.2, 0.25) is 0 Å². The van der Waals surface area contributed by atoms with Crippen molar-refractivity contribution in [3.05, 3.63) is 166 Å². The van der Waals surface area contributed by atoms with Crippen molar-refractivity contribution in [1.29, 1.82) is 0 Å². The van der Waals surface area contributed by atoms with Crippen molar-refractivity contribution < 1.29 is 47.2 Å². The molecular weight excluding hydrogens is 970 g/mol. The van der Waals surface area contributed by atoms with Crippen molar-refractivity contribution in [3.8, 4) is 68.9 Å². The maximum atomic E-state index is 14.9. The summed E-state index contributed by atoms with van der Waals surface area (Å²) < 4.78 is 55.3. The molecule has 0 fully saturated rings. The molecular formula is C64H71ClF2O8. The molecule has 0 saturated heterocycles. The van der Waals surface area contributed by atoms with E-state index in [9.17, 15) is 23.5 Å². The first-order valence-corrected chi connectivity index (χ1v) is 25.4. The smallest absolute Gasteiger partial charge is 0.307 e.